The van der Waals surface area contributed by atoms with E-state index in [0.29, 0.717) is 0 Å². The van der Waals surface area contributed by atoms with Gasteiger partial charge in [-0.15, -0.1) is 0 Å². The van der Waals surface area contributed by atoms with E-state index in [1.165, 1.54) is 77.2 Å². The third-order valence-corrected chi connectivity index (χ3v) is 9.28. The molecule has 0 amide bonds. The first-order chi connectivity index (χ1) is 20.1. The number of para-hydroxylation sites is 3. The van der Waals surface area contributed by atoms with E-state index in [1.54, 1.807) is 0 Å². The maximum absolute atomic E-state index is 2.52. The lowest BCUT2D eigenvalue weighted by molar-refractivity contribution is 0.656. The predicted octanol–water partition coefficient (Wildman–Crippen LogP) is 10.2. The molecule has 2 heterocycles. The number of benzene rings is 6. The standard InChI is InChI=1S/C39H28N2/c1-39(2)32-19-9-6-15-26(32)29-18-12-22-35(38(29)39)41-34-21-11-8-17-28(34)31-23-30-27-16-7-10-20-33(27)40(36(30)24-37(31)41)25-13-4-3-5-14-25/h3-24H,1-2H3. The van der Waals surface area contributed by atoms with Gasteiger partial charge in [-0.1, -0.05) is 105 Å². The summed E-state index contributed by atoms with van der Waals surface area (Å²) in [5, 5.41) is 5.13. The summed E-state index contributed by atoms with van der Waals surface area (Å²) in [4.78, 5) is 0. The Morgan fingerprint density at radius 1 is 0.439 bits per heavy atom. The molecule has 2 heteroatoms. The summed E-state index contributed by atoms with van der Waals surface area (Å²) < 4.78 is 4.94. The number of hydrogen-bond donors (Lipinski definition) is 0. The van der Waals surface area contributed by atoms with E-state index < -0.39 is 0 Å². The van der Waals surface area contributed by atoms with E-state index in [-0.39, 0.29) is 5.41 Å². The highest BCUT2D eigenvalue weighted by Gasteiger charge is 2.38. The molecule has 0 aliphatic heterocycles. The van der Waals surface area contributed by atoms with Gasteiger partial charge < -0.3 is 9.13 Å². The van der Waals surface area contributed by atoms with Crippen molar-refractivity contribution >= 4 is 43.6 Å². The van der Waals surface area contributed by atoms with Crippen molar-refractivity contribution in [3.05, 3.63) is 145 Å². The highest BCUT2D eigenvalue weighted by atomic mass is 15.0. The molecule has 0 atom stereocenters. The van der Waals surface area contributed by atoms with Crippen molar-refractivity contribution in [2.75, 3.05) is 0 Å². The molecule has 0 saturated carbocycles. The minimum atomic E-state index is -0.108. The smallest absolute Gasteiger partial charge is 0.0562 e. The van der Waals surface area contributed by atoms with Crippen molar-refractivity contribution in [1.82, 2.24) is 9.13 Å². The van der Waals surface area contributed by atoms with Gasteiger partial charge in [0.05, 0.1) is 27.8 Å². The second-order valence-corrected chi connectivity index (χ2v) is 11.8. The van der Waals surface area contributed by atoms with Crippen LogP contribution >= 0.6 is 0 Å². The van der Waals surface area contributed by atoms with Crippen molar-refractivity contribution in [3.8, 4) is 22.5 Å². The van der Waals surface area contributed by atoms with Crippen molar-refractivity contribution in [2.45, 2.75) is 19.3 Å². The Labute approximate surface area is 238 Å². The molecule has 0 fully saturated rings. The summed E-state index contributed by atoms with van der Waals surface area (Å²) in [6.07, 6.45) is 0. The maximum atomic E-state index is 2.52. The maximum Gasteiger partial charge on any atom is 0.0562 e. The Morgan fingerprint density at radius 3 is 1.78 bits per heavy atom. The van der Waals surface area contributed by atoms with Gasteiger partial charge in [-0.25, -0.2) is 0 Å². The zero-order chi connectivity index (χ0) is 27.3. The number of aromatic nitrogens is 2. The fourth-order valence-corrected chi connectivity index (χ4v) is 7.55. The molecule has 194 valence electrons. The van der Waals surface area contributed by atoms with E-state index in [0.717, 1.165) is 0 Å². The van der Waals surface area contributed by atoms with Gasteiger partial charge in [0.1, 0.15) is 0 Å². The number of fused-ring (bicyclic) bond motifs is 9. The SMILES string of the molecule is CC1(C)c2ccccc2-c2cccc(-n3c4ccccc4c4cc5c6ccccc6n(-c6ccccc6)c5cc43)c21. The lowest BCUT2D eigenvalue weighted by atomic mass is 9.81. The molecule has 2 nitrogen and oxygen atoms in total. The van der Waals surface area contributed by atoms with Gasteiger partial charge in [-0.2, -0.15) is 0 Å². The van der Waals surface area contributed by atoms with E-state index in [9.17, 15) is 0 Å². The third-order valence-electron chi connectivity index (χ3n) is 9.28. The van der Waals surface area contributed by atoms with Crippen molar-refractivity contribution in [3.63, 3.8) is 0 Å². The van der Waals surface area contributed by atoms with Gasteiger partial charge in [0.2, 0.25) is 0 Å². The number of rotatable bonds is 2. The summed E-state index contributed by atoms with van der Waals surface area (Å²) in [5.74, 6) is 0. The van der Waals surface area contributed by atoms with Crippen LogP contribution in [0.15, 0.2) is 133 Å². The number of hydrogen-bond acceptors (Lipinski definition) is 0. The fraction of sp³-hybridized carbons (Fsp3) is 0.0769. The molecule has 8 aromatic rings. The molecule has 1 aliphatic rings. The van der Waals surface area contributed by atoms with Gasteiger partial charge in [-0.05, 0) is 64.7 Å². The van der Waals surface area contributed by atoms with E-state index in [1.807, 2.05) is 0 Å². The highest BCUT2D eigenvalue weighted by Crippen LogP contribution is 2.52. The molecule has 9 rings (SSSR count). The molecule has 0 spiro atoms. The first-order valence-corrected chi connectivity index (χ1v) is 14.4. The van der Waals surface area contributed by atoms with Crippen LogP contribution in [0.1, 0.15) is 25.0 Å². The minimum absolute atomic E-state index is 0.108. The van der Waals surface area contributed by atoms with Crippen LogP contribution in [-0.2, 0) is 5.41 Å². The van der Waals surface area contributed by atoms with Gasteiger partial charge in [-0.3, -0.25) is 0 Å². The molecule has 6 aromatic carbocycles. The summed E-state index contributed by atoms with van der Waals surface area (Å²) in [6, 6.07) is 49.0. The van der Waals surface area contributed by atoms with Crippen LogP contribution < -0.4 is 0 Å². The van der Waals surface area contributed by atoms with Gasteiger partial charge in [0, 0.05) is 32.6 Å². The molecule has 0 bridgehead atoms. The van der Waals surface area contributed by atoms with Crippen LogP contribution in [-0.4, -0.2) is 9.13 Å². The van der Waals surface area contributed by atoms with Crippen LogP contribution in [0, 0.1) is 0 Å². The Kier molecular flexibility index (Phi) is 4.42. The molecule has 0 radical (unpaired) electrons. The first kappa shape index (κ1) is 22.7. The van der Waals surface area contributed by atoms with Gasteiger partial charge in [0.15, 0.2) is 0 Å². The van der Waals surface area contributed by atoms with Crippen molar-refractivity contribution in [2.24, 2.45) is 0 Å². The Bertz CT molecular complexity index is 2330. The van der Waals surface area contributed by atoms with Crippen LogP contribution in [0.4, 0.5) is 0 Å². The first-order valence-electron chi connectivity index (χ1n) is 14.4. The molecule has 0 unspecified atom stereocenters. The monoisotopic (exact) mass is 524 g/mol. The average molecular weight is 525 g/mol. The fourth-order valence-electron chi connectivity index (χ4n) is 7.55. The summed E-state index contributed by atoms with van der Waals surface area (Å²) >= 11 is 0. The quantitative estimate of drug-likeness (QED) is 0.213. The second-order valence-electron chi connectivity index (χ2n) is 11.8. The molecule has 0 N–H and O–H groups in total. The summed E-state index contributed by atoms with van der Waals surface area (Å²) in [6.45, 7) is 4.75. The lowest BCUT2D eigenvalue weighted by Gasteiger charge is -2.25. The Hall–Kier alpha value is -5.08. The van der Waals surface area contributed by atoms with E-state index in [2.05, 4.69) is 156 Å². The van der Waals surface area contributed by atoms with Crippen LogP contribution in [0.5, 0.6) is 0 Å². The summed E-state index contributed by atoms with van der Waals surface area (Å²) in [5.41, 5.74) is 12.7. The van der Waals surface area contributed by atoms with E-state index in [4.69, 9.17) is 0 Å². The van der Waals surface area contributed by atoms with Crippen LogP contribution in [0.25, 0.3) is 66.1 Å². The molecule has 41 heavy (non-hydrogen) atoms. The number of nitrogens with zero attached hydrogens (tertiary/aromatic N) is 2. The topological polar surface area (TPSA) is 9.86 Å². The minimum Gasteiger partial charge on any atom is -0.309 e. The van der Waals surface area contributed by atoms with Crippen LogP contribution in [0.2, 0.25) is 0 Å². The Balaban J connectivity index is 1.45. The molecular weight excluding hydrogens is 496 g/mol. The molecule has 0 saturated heterocycles. The zero-order valence-electron chi connectivity index (χ0n) is 23.1. The third kappa shape index (κ3) is 2.92. The lowest BCUT2D eigenvalue weighted by Crippen LogP contribution is -2.18. The van der Waals surface area contributed by atoms with E-state index >= 15 is 0 Å². The molecule has 2 aromatic heterocycles. The zero-order valence-corrected chi connectivity index (χ0v) is 23.1. The predicted molar refractivity (Wildman–Crippen MR) is 173 cm³/mol. The highest BCUT2D eigenvalue weighted by molar-refractivity contribution is 6.19. The van der Waals surface area contributed by atoms with Crippen molar-refractivity contribution < 1.29 is 0 Å². The van der Waals surface area contributed by atoms with Gasteiger partial charge >= 0.3 is 0 Å². The van der Waals surface area contributed by atoms with Crippen molar-refractivity contribution in [1.29, 1.82) is 0 Å². The average Bonchev–Trinajstić information content (AvgIpc) is 3.60. The molecular formula is C39H28N2. The van der Waals surface area contributed by atoms with Gasteiger partial charge in [0.25, 0.3) is 0 Å². The normalized spacial score (nSPS) is 13.8. The summed E-state index contributed by atoms with van der Waals surface area (Å²) in [7, 11) is 0. The largest absolute Gasteiger partial charge is 0.309 e. The van der Waals surface area contributed by atoms with Crippen LogP contribution in [0.3, 0.4) is 0 Å². The second kappa shape index (κ2) is 7.99. The Morgan fingerprint density at radius 2 is 1.02 bits per heavy atom. The molecule has 1 aliphatic carbocycles.